The monoisotopic (exact) mass is 423 g/mol. The normalized spacial score (nSPS) is 18.9. The van der Waals surface area contributed by atoms with Crippen LogP contribution in [0.4, 0.5) is 4.39 Å². The van der Waals surface area contributed by atoms with E-state index in [9.17, 15) is 9.18 Å². The maximum atomic E-state index is 14.2. The molecule has 0 radical (unpaired) electrons. The summed E-state index contributed by atoms with van der Waals surface area (Å²) in [6.45, 7) is 2.77. The fraction of sp³-hybridized carbons (Fsp3) is 0.375. The van der Waals surface area contributed by atoms with Crippen molar-refractivity contribution in [3.05, 3.63) is 65.8 Å². The molecule has 1 fully saturated rings. The lowest BCUT2D eigenvalue weighted by molar-refractivity contribution is -0.137. The van der Waals surface area contributed by atoms with Crippen molar-refractivity contribution in [1.29, 1.82) is 0 Å². The van der Waals surface area contributed by atoms with E-state index in [0.717, 1.165) is 24.2 Å². The van der Waals surface area contributed by atoms with Crippen molar-refractivity contribution in [2.24, 2.45) is 0 Å². The number of aromatic nitrogens is 2. The maximum absolute atomic E-state index is 14.2. The van der Waals surface area contributed by atoms with E-state index in [2.05, 4.69) is 17.1 Å². The number of rotatable bonds is 7. The zero-order valence-corrected chi connectivity index (χ0v) is 17.8. The lowest BCUT2D eigenvalue weighted by atomic mass is 9.84. The van der Waals surface area contributed by atoms with Crippen molar-refractivity contribution in [2.45, 2.75) is 44.6 Å². The molecular formula is C24H26FN3O3. The Hall–Kier alpha value is -3.22. The minimum Gasteiger partial charge on any atom is -0.497 e. The molecule has 7 heteroatoms. The van der Waals surface area contributed by atoms with Crippen molar-refractivity contribution in [2.75, 3.05) is 13.7 Å². The van der Waals surface area contributed by atoms with E-state index < -0.39 is 5.82 Å². The molecule has 31 heavy (non-hydrogen) atoms. The van der Waals surface area contributed by atoms with Gasteiger partial charge in [-0.05, 0) is 42.7 Å². The van der Waals surface area contributed by atoms with Crippen LogP contribution in [0.1, 0.15) is 56.0 Å². The topological polar surface area (TPSA) is 68.5 Å². The number of methoxy groups -OCH3 is 1. The van der Waals surface area contributed by atoms with Gasteiger partial charge in [-0.25, -0.2) is 4.39 Å². The first-order valence-corrected chi connectivity index (χ1v) is 10.6. The van der Waals surface area contributed by atoms with Crippen LogP contribution in [-0.4, -0.2) is 34.6 Å². The number of carbonyl (C=O) groups excluding carboxylic acids is 1. The first-order valence-electron chi connectivity index (χ1n) is 10.6. The fourth-order valence-corrected chi connectivity index (χ4v) is 4.15. The molecule has 2 unspecified atom stereocenters. The standard InChI is InChI=1S/C24H26FN3O3/c1-3-4-15-28-21(29)14-13-19(22(28)16-9-11-17(30-2)12-10-16)24-26-23(27-31-24)18-7-5-6-8-20(18)25/h5-12,19,22H,3-4,13-15H2,1-2H3. The number of benzene rings is 2. The highest BCUT2D eigenvalue weighted by molar-refractivity contribution is 5.78. The van der Waals surface area contributed by atoms with Crippen LogP contribution >= 0.6 is 0 Å². The summed E-state index contributed by atoms with van der Waals surface area (Å²) in [6.07, 6.45) is 2.91. The van der Waals surface area contributed by atoms with Gasteiger partial charge in [0.1, 0.15) is 11.6 Å². The minimum absolute atomic E-state index is 0.124. The highest BCUT2D eigenvalue weighted by Gasteiger charge is 2.40. The van der Waals surface area contributed by atoms with Gasteiger partial charge in [0.25, 0.3) is 0 Å². The van der Waals surface area contributed by atoms with Gasteiger partial charge in [0.15, 0.2) is 0 Å². The Morgan fingerprint density at radius 1 is 1.19 bits per heavy atom. The number of piperidine rings is 1. The van der Waals surface area contributed by atoms with Gasteiger partial charge in [-0.1, -0.05) is 42.8 Å². The van der Waals surface area contributed by atoms with Crippen molar-refractivity contribution >= 4 is 5.91 Å². The Kier molecular flexibility index (Phi) is 6.30. The second kappa shape index (κ2) is 9.29. The fourth-order valence-electron chi connectivity index (χ4n) is 4.15. The summed E-state index contributed by atoms with van der Waals surface area (Å²) < 4.78 is 25.1. The van der Waals surface area contributed by atoms with Crippen LogP contribution in [0.2, 0.25) is 0 Å². The van der Waals surface area contributed by atoms with Crippen LogP contribution in [0.5, 0.6) is 5.75 Å². The smallest absolute Gasteiger partial charge is 0.232 e. The molecule has 0 saturated carbocycles. The molecule has 2 heterocycles. The highest BCUT2D eigenvalue weighted by Crippen LogP contribution is 2.43. The average Bonchev–Trinajstić information content (AvgIpc) is 3.28. The summed E-state index contributed by atoms with van der Waals surface area (Å²) >= 11 is 0. The van der Waals surface area contributed by atoms with Crippen LogP contribution in [0.25, 0.3) is 11.4 Å². The molecule has 2 aromatic carbocycles. The van der Waals surface area contributed by atoms with Gasteiger partial charge < -0.3 is 14.2 Å². The van der Waals surface area contributed by atoms with Gasteiger partial charge in [-0.2, -0.15) is 4.98 Å². The molecule has 0 N–H and O–H groups in total. The first-order chi connectivity index (χ1) is 15.1. The summed E-state index contributed by atoms with van der Waals surface area (Å²) in [6, 6.07) is 13.9. The van der Waals surface area contributed by atoms with Crippen LogP contribution in [0, 0.1) is 5.82 Å². The molecule has 4 rings (SSSR count). The molecule has 0 bridgehead atoms. The predicted molar refractivity (Wildman–Crippen MR) is 114 cm³/mol. The van der Waals surface area contributed by atoms with E-state index >= 15 is 0 Å². The number of carbonyl (C=O) groups is 1. The molecule has 2 atom stereocenters. The number of nitrogens with zero attached hydrogens (tertiary/aromatic N) is 3. The van der Waals surface area contributed by atoms with E-state index in [1.165, 1.54) is 6.07 Å². The third-order valence-corrected chi connectivity index (χ3v) is 5.79. The molecule has 1 aliphatic rings. The number of hydrogen-bond acceptors (Lipinski definition) is 5. The zero-order valence-electron chi connectivity index (χ0n) is 17.8. The Bertz CT molecular complexity index is 1030. The molecule has 0 aliphatic carbocycles. The van der Waals surface area contributed by atoms with Crippen molar-refractivity contribution in [3.8, 4) is 17.1 Å². The minimum atomic E-state index is -0.398. The molecule has 6 nitrogen and oxygen atoms in total. The zero-order chi connectivity index (χ0) is 21.8. The lowest BCUT2D eigenvalue weighted by Crippen LogP contribution is -2.42. The molecule has 162 valence electrons. The van der Waals surface area contributed by atoms with Crippen molar-refractivity contribution < 1.29 is 18.4 Å². The van der Waals surface area contributed by atoms with Gasteiger partial charge in [-0.3, -0.25) is 4.79 Å². The van der Waals surface area contributed by atoms with E-state index in [1.807, 2.05) is 29.2 Å². The maximum Gasteiger partial charge on any atom is 0.232 e. The van der Waals surface area contributed by atoms with Crippen LogP contribution in [0.3, 0.4) is 0 Å². The molecule has 1 amide bonds. The largest absolute Gasteiger partial charge is 0.497 e. The van der Waals surface area contributed by atoms with E-state index in [-0.39, 0.29) is 23.7 Å². The van der Waals surface area contributed by atoms with E-state index in [4.69, 9.17) is 9.26 Å². The first kappa shape index (κ1) is 21.0. The summed E-state index contributed by atoms with van der Waals surface area (Å²) in [7, 11) is 1.62. The third kappa shape index (κ3) is 4.31. The molecule has 1 aliphatic heterocycles. The summed E-state index contributed by atoms with van der Waals surface area (Å²) in [5, 5.41) is 4.03. The Morgan fingerprint density at radius 2 is 1.97 bits per heavy atom. The van der Waals surface area contributed by atoms with Gasteiger partial charge in [0.2, 0.25) is 17.6 Å². The number of likely N-dealkylation sites (tertiary alicyclic amines) is 1. The molecule has 0 spiro atoms. The third-order valence-electron chi connectivity index (χ3n) is 5.79. The molecule has 1 saturated heterocycles. The summed E-state index contributed by atoms with van der Waals surface area (Å²) in [5.74, 6) is 0.953. The number of amides is 1. The van der Waals surface area contributed by atoms with Gasteiger partial charge in [0.05, 0.1) is 24.6 Å². The Balaban J connectivity index is 1.72. The van der Waals surface area contributed by atoms with Gasteiger partial charge in [-0.15, -0.1) is 0 Å². The second-order valence-corrected chi connectivity index (χ2v) is 7.74. The summed E-state index contributed by atoms with van der Waals surface area (Å²) in [5.41, 5.74) is 1.29. The molecule has 3 aromatic rings. The molecular weight excluding hydrogens is 397 g/mol. The van der Waals surface area contributed by atoms with E-state index in [1.54, 1.807) is 25.3 Å². The SMILES string of the molecule is CCCCN1C(=O)CCC(c2nc(-c3ccccc3F)no2)C1c1ccc(OC)cc1. The Morgan fingerprint density at radius 3 is 2.68 bits per heavy atom. The Labute approximate surface area is 181 Å². The number of halogens is 1. The summed E-state index contributed by atoms with van der Waals surface area (Å²) in [4.78, 5) is 19.3. The lowest BCUT2D eigenvalue weighted by Gasteiger charge is -2.40. The number of hydrogen-bond donors (Lipinski definition) is 0. The van der Waals surface area contributed by atoms with Crippen molar-refractivity contribution in [1.82, 2.24) is 15.0 Å². The highest BCUT2D eigenvalue weighted by atomic mass is 19.1. The van der Waals surface area contributed by atoms with Crippen molar-refractivity contribution in [3.63, 3.8) is 0 Å². The quantitative estimate of drug-likeness (QED) is 0.527. The van der Waals surface area contributed by atoms with Crippen LogP contribution < -0.4 is 4.74 Å². The van der Waals surface area contributed by atoms with Crippen LogP contribution in [-0.2, 0) is 4.79 Å². The molecule has 1 aromatic heterocycles. The van der Waals surface area contributed by atoms with Gasteiger partial charge in [0, 0.05) is 13.0 Å². The predicted octanol–water partition coefficient (Wildman–Crippen LogP) is 5.13. The van der Waals surface area contributed by atoms with Crippen LogP contribution in [0.15, 0.2) is 53.1 Å². The second-order valence-electron chi connectivity index (χ2n) is 7.74. The average molecular weight is 423 g/mol. The number of ether oxygens (including phenoxy) is 1. The van der Waals surface area contributed by atoms with Gasteiger partial charge >= 0.3 is 0 Å². The van der Waals surface area contributed by atoms with E-state index in [0.29, 0.717) is 30.8 Å². The number of unbranched alkanes of at least 4 members (excludes halogenated alkanes) is 1.